The summed E-state index contributed by atoms with van der Waals surface area (Å²) in [5.74, 6) is 1.96. The molecule has 0 aliphatic heterocycles. The van der Waals surface area contributed by atoms with E-state index in [1.54, 1.807) is 34.5 Å². The van der Waals surface area contributed by atoms with Crippen LogP contribution in [-0.2, 0) is 9.47 Å². The molecule has 2 amide bonds. The summed E-state index contributed by atoms with van der Waals surface area (Å²) in [5.41, 5.74) is 7.07. The minimum atomic E-state index is -0.281. The van der Waals surface area contributed by atoms with E-state index in [0.717, 1.165) is 40.7 Å². The monoisotopic (exact) mass is 1210 g/mol. The van der Waals surface area contributed by atoms with Crippen molar-refractivity contribution in [3.8, 4) is 22.8 Å². The van der Waals surface area contributed by atoms with Crippen molar-refractivity contribution in [3.63, 3.8) is 0 Å². The summed E-state index contributed by atoms with van der Waals surface area (Å²) in [6.07, 6.45) is 9.69. The third-order valence-corrected chi connectivity index (χ3v) is 11.2. The lowest BCUT2D eigenvalue weighted by atomic mass is 9.82. The first-order valence-electron chi connectivity index (χ1n) is 21.6. The van der Waals surface area contributed by atoms with Crippen LogP contribution in [0.1, 0.15) is 96.3 Å². The Balaban J connectivity index is -0.00000118. The van der Waals surface area contributed by atoms with Crippen LogP contribution < -0.4 is 10.6 Å². The first-order chi connectivity index (χ1) is 39.2. The zero-order valence-corrected chi connectivity index (χ0v) is 41.1. The number of aryl methyl sites for hydroxylation is 2. The molecule has 6 heterocycles. The van der Waals surface area contributed by atoms with E-state index in [4.69, 9.17) is 101 Å². The van der Waals surface area contributed by atoms with Crippen LogP contribution in [0.25, 0.3) is 34.1 Å². The number of halogens is 18. The number of hydrogen-bond acceptors (Lipinski definition) is 13. The summed E-state index contributed by atoms with van der Waals surface area (Å²) in [5, 5.41) is 23.6. The molecular weight excluding hydrogens is 1160 g/mol. The smallest absolute Gasteiger partial charge is 0.274 e. The summed E-state index contributed by atoms with van der Waals surface area (Å²) in [6.45, 7) is 5.05. The van der Waals surface area contributed by atoms with Gasteiger partial charge in [-0.1, -0.05) is 61.6 Å². The zero-order chi connectivity index (χ0) is 60.7. The van der Waals surface area contributed by atoms with Gasteiger partial charge in [0.05, 0.1) is 37.8 Å². The van der Waals surface area contributed by atoms with Gasteiger partial charge in [0.2, 0.25) is 23.4 Å². The van der Waals surface area contributed by atoms with E-state index in [1.807, 2.05) is 92.8 Å². The molecule has 0 spiro atoms. The predicted molar refractivity (Wildman–Crippen MR) is 260 cm³/mol. The number of aliphatic hydroxyl groups is 1. The van der Waals surface area contributed by atoms with E-state index in [2.05, 4.69) is 40.9 Å². The van der Waals surface area contributed by atoms with Crippen LogP contribution in [0.15, 0.2) is 107 Å². The molecule has 82 heavy (non-hydrogen) atoms. The molecule has 35 heteroatoms. The fourth-order valence-corrected chi connectivity index (χ4v) is 7.39. The molecule has 6 aromatic heterocycles. The molecule has 2 aromatic carbocycles. The summed E-state index contributed by atoms with van der Waals surface area (Å²) in [6, 6.07) is 22.5. The minimum Gasteiger partial charge on any atom is -0.393 e. The Labute approximate surface area is 452 Å². The quantitative estimate of drug-likeness (QED) is 0.0769. The molecule has 0 bridgehead atoms. The molecule has 2 saturated carbocycles. The first-order valence-corrected chi connectivity index (χ1v) is 21.6. The van der Waals surface area contributed by atoms with Gasteiger partial charge in [-0.2, -0.15) is 9.97 Å². The number of fused-ring (bicyclic) bond motifs is 2. The molecule has 2 aliphatic rings. The van der Waals surface area contributed by atoms with E-state index in [0.29, 0.717) is 77.9 Å². The fourth-order valence-electron chi connectivity index (χ4n) is 7.39. The number of nitrogens with zero attached hydrogens (tertiary/aromatic N) is 8. The highest BCUT2D eigenvalue weighted by molar-refractivity contribution is 6.05. The van der Waals surface area contributed by atoms with E-state index in [1.165, 1.54) is 0 Å². The summed E-state index contributed by atoms with van der Waals surface area (Å²) >= 11 is 0. The number of nitrogens with one attached hydrogen (secondary N) is 2. The van der Waals surface area contributed by atoms with Crippen LogP contribution in [-0.4, -0.2) is 88.5 Å². The van der Waals surface area contributed by atoms with Crippen molar-refractivity contribution < 1.29 is 116 Å². The number of methoxy groups -OCH3 is 1. The van der Waals surface area contributed by atoms with Crippen molar-refractivity contribution in [2.75, 3.05) is 31.0 Å². The van der Waals surface area contributed by atoms with Crippen molar-refractivity contribution in [1.29, 1.82) is 0 Å². The molecule has 2 aliphatic carbocycles. The van der Waals surface area contributed by atoms with E-state index in [-0.39, 0.29) is 50.7 Å². The molecule has 8 aromatic rings. The fraction of sp³-hybridized carbons (Fsp3) is 0.319. The van der Waals surface area contributed by atoms with E-state index in [9.17, 15) is 14.7 Å². The normalized spacial score (nSPS) is 14.4. The molecule has 2 fully saturated rings. The molecule has 0 atom stereocenters. The maximum atomic E-state index is 12.9. The number of carbonyl (C=O) groups excluding carboxylic acids is 2. The van der Waals surface area contributed by atoms with Gasteiger partial charge < -0.3 is 34.3 Å². The first kappa shape index (κ1) is 77.9. The number of aliphatic hydroxyl groups excluding tert-OH is 1. The van der Waals surface area contributed by atoms with Gasteiger partial charge in [-0.15, -0.1) is 0 Å². The summed E-state index contributed by atoms with van der Waals surface area (Å²) < 4.78 is 169. The standard InChI is InChI=1S/C24H25N5O4.C21H19N5O3.2CH4.9F2/c1-15-6-7-16(22-27-24(33-28-22)17-11-18(12-17)32-10-9-31-2)13-19(15)26-23(30)20-14-25-21-5-3-4-8-29(20)21;1-12-5-6-13(19-24-21(29-25-19)14-8-15(27)9-14)10-16(12)23-20(28)17-11-22-18-4-2-3-7-26(17)18;;;9*1-2/h3-8,13-14,17-18H,9-12H2,1-2H3,(H,26,30);2-7,10-11,14-15,27H,8-9H2,1H3,(H,23,28);2*1H4;;;;;;;;;. The van der Waals surface area contributed by atoms with Crippen molar-refractivity contribution in [2.45, 2.75) is 78.4 Å². The number of rotatable bonds is 12. The van der Waals surface area contributed by atoms with Crippen molar-refractivity contribution in [1.82, 2.24) is 39.1 Å². The molecule has 3 N–H and O–H groups in total. The summed E-state index contributed by atoms with van der Waals surface area (Å²) in [4.78, 5) is 43.3. The number of ether oxygens (including phenoxy) is 2. The number of aromatic nitrogens is 8. The average molecular weight is 1210 g/mol. The Morgan fingerprint density at radius 3 is 1.32 bits per heavy atom. The number of imidazole rings is 2. The Bertz CT molecular complexity index is 2930. The highest BCUT2D eigenvalue weighted by atomic mass is 20.0. The molecule has 0 unspecified atom stereocenters. The second-order valence-corrected chi connectivity index (χ2v) is 15.5. The number of pyridine rings is 2. The minimum absolute atomic E-state index is 0. The maximum absolute atomic E-state index is 12.9. The third kappa shape index (κ3) is 21.6. The van der Waals surface area contributed by atoms with Crippen LogP contribution in [0, 0.1) is 13.8 Å². The molecule has 17 nitrogen and oxygen atoms in total. The van der Waals surface area contributed by atoms with Crippen molar-refractivity contribution >= 4 is 34.5 Å². The van der Waals surface area contributed by atoms with E-state index >= 15 is 0 Å². The largest absolute Gasteiger partial charge is 0.393 e. The number of amides is 2. The van der Waals surface area contributed by atoms with Gasteiger partial charge in [0.1, 0.15) is 22.7 Å². The Kier molecular flexibility index (Phi) is 42.2. The van der Waals surface area contributed by atoms with Crippen LogP contribution in [0.5, 0.6) is 0 Å². The van der Waals surface area contributed by atoms with Gasteiger partial charge in [0.15, 0.2) is 0 Å². The highest BCUT2D eigenvalue weighted by Crippen LogP contribution is 2.39. The SMILES string of the molecule is C.C.COCCOC1CC(c2nc(-c3ccc(C)c(NC(=O)c4cnc5ccccn45)c3)no2)C1.Cc1ccc(-c2noc(C3CC(O)C3)n2)cc1NC(=O)c1cnc2ccccn12.FF.FF.FF.FF.FF.FF.FF.FF.FF. The number of anilines is 2. The average Bonchev–Trinajstić information content (AvgIpc) is 4.37. The van der Waals surface area contributed by atoms with Crippen LogP contribution in [0.3, 0.4) is 0 Å². The van der Waals surface area contributed by atoms with Crippen molar-refractivity contribution in [2.24, 2.45) is 0 Å². The molecular formula is C47H52F18N10O7. The summed E-state index contributed by atoms with van der Waals surface area (Å²) in [7, 11) is 1.66. The molecule has 458 valence electrons. The molecule has 0 radical (unpaired) electrons. The predicted octanol–water partition coefficient (Wildman–Crippen LogP) is 15.9. The lowest BCUT2D eigenvalue weighted by molar-refractivity contribution is -0.0354. The number of carbonyl (C=O) groups is 2. The topological polar surface area (TPSA) is 209 Å². The Hall–Kier alpha value is -8.34. The van der Waals surface area contributed by atoms with Crippen molar-refractivity contribution in [3.05, 3.63) is 132 Å². The third-order valence-electron chi connectivity index (χ3n) is 11.2. The van der Waals surface area contributed by atoms with E-state index < -0.39 is 0 Å². The zero-order valence-electron chi connectivity index (χ0n) is 41.1. The second kappa shape index (κ2) is 44.4. The van der Waals surface area contributed by atoms with Crippen LogP contribution in [0.2, 0.25) is 0 Å². The lowest BCUT2D eigenvalue weighted by Gasteiger charge is -2.32. The van der Waals surface area contributed by atoms with Gasteiger partial charge in [-0.3, -0.25) is 18.4 Å². The van der Waals surface area contributed by atoms with Gasteiger partial charge in [0, 0.05) is 136 Å². The second-order valence-electron chi connectivity index (χ2n) is 15.5. The van der Waals surface area contributed by atoms with Gasteiger partial charge in [-0.05, 0) is 87.1 Å². The van der Waals surface area contributed by atoms with Gasteiger partial charge in [-0.25, -0.2) is 9.97 Å². The lowest BCUT2D eigenvalue weighted by Crippen LogP contribution is -2.31. The van der Waals surface area contributed by atoms with Crippen LogP contribution >= 0.6 is 0 Å². The molecule has 0 saturated heterocycles. The Morgan fingerprint density at radius 2 is 0.951 bits per heavy atom. The van der Waals surface area contributed by atoms with Crippen LogP contribution in [0.4, 0.5) is 93.7 Å². The Morgan fingerprint density at radius 1 is 0.573 bits per heavy atom. The number of hydrogen-bond donors (Lipinski definition) is 3. The highest BCUT2D eigenvalue weighted by Gasteiger charge is 2.35. The molecule has 10 rings (SSSR count). The van der Waals surface area contributed by atoms with Gasteiger partial charge >= 0.3 is 0 Å². The number of benzene rings is 2. The van der Waals surface area contributed by atoms with Gasteiger partial charge in [0.25, 0.3) is 11.8 Å². The maximum Gasteiger partial charge on any atom is 0.274 e.